The molecule has 0 saturated heterocycles. The van der Waals surface area contributed by atoms with Crippen LogP contribution < -0.4 is 10.6 Å². The molecule has 1 aromatic carbocycles. The summed E-state index contributed by atoms with van der Waals surface area (Å²) >= 11 is 1.69. The fourth-order valence-corrected chi connectivity index (χ4v) is 3.51. The van der Waals surface area contributed by atoms with E-state index >= 15 is 0 Å². The molecule has 116 valence electrons. The summed E-state index contributed by atoms with van der Waals surface area (Å²) in [6.07, 6.45) is 2.19. The number of halogens is 1. The quantitative estimate of drug-likeness (QED) is 0.783. The van der Waals surface area contributed by atoms with Crippen molar-refractivity contribution in [1.29, 1.82) is 0 Å². The molecule has 0 spiro atoms. The Morgan fingerprint density at radius 2 is 2.38 bits per heavy atom. The molecule has 1 aliphatic heterocycles. The van der Waals surface area contributed by atoms with E-state index in [9.17, 15) is 9.18 Å². The van der Waals surface area contributed by atoms with Gasteiger partial charge >= 0.3 is 6.03 Å². The summed E-state index contributed by atoms with van der Waals surface area (Å²) in [6, 6.07) is 4.33. The Morgan fingerprint density at radius 1 is 1.57 bits per heavy atom. The van der Waals surface area contributed by atoms with Gasteiger partial charge in [-0.1, -0.05) is 0 Å². The van der Waals surface area contributed by atoms with Crippen LogP contribution in [0.3, 0.4) is 0 Å². The van der Waals surface area contributed by atoms with Crippen LogP contribution in [0.15, 0.2) is 23.1 Å². The van der Waals surface area contributed by atoms with Crippen molar-refractivity contribution in [3.63, 3.8) is 0 Å². The minimum Gasteiger partial charge on any atom is -0.396 e. The summed E-state index contributed by atoms with van der Waals surface area (Å²) in [4.78, 5) is 13.0. The first-order chi connectivity index (χ1) is 10.1. The number of nitrogens with one attached hydrogen (secondary N) is 2. The molecular weight excluding hydrogens is 291 g/mol. The van der Waals surface area contributed by atoms with Gasteiger partial charge in [0, 0.05) is 23.3 Å². The highest BCUT2D eigenvalue weighted by Crippen LogP contribution is 2.36. The number of amides is 2. The average molecular weight is 312 g/mol. The number of benzene rings is 1. The van der Waals surface area contributed by atoms with E-state index in [0.717, 1.165) is 29.1 Å². The van der Waals surface area contributed by atoms with Gasteiger partial charge in [-0.2, -0.15) is 0 Å². The van der Waals surface area contributed by atoms with E-state index in [1.165, 1.54) is 12.1 Å². The Bertz CT molecular complexity index is 499. The minimum atomic E-state index is -0.278. The predicted molar refractivity (Wildman–Crippen MR) is 81.9 cm³/mol. The average Bonchev–Trinajstić information content (AvgIpc) is 2.45. The van der Waals surface area contributed by atoms with Crippen LogP contribution >= 0.6 is 11.8 Å². The maximum absolute atomic E-state index is 13.4. The molecular formula is C15H21FN2O2S. The molecule has 6 heteroatoms. The lowest BCUT2D eigenvalue weighted by atomic mass is 10.0. The van der Waals surface area contributed by atoms with Crippen LogP contribution in [0.25, 0.3) is 0 Å². The van der Waals surface area contributed by atoms with Gasteiger partial charge in [-0.15, -0.1) is 11.8 Å². The smallest absolute Gasteiger partial charge is 0.315 e. The summed E-state index contributed by atoms with van der Waals surface area (Å²) in [6.45, 7) is 2.03. The Morgan fingerprint density at radius 3 is 3.14 bits per heavy atom. The minimum absolute atomic E-state index is 0.00194. The molecule has 0 radical (unpaired) electrons. The Labute approximate surface area is 128 Å². The van der Waals surface area contributed by atoms with Crippen LogP contribution in [-0.2, 0) is 0 Å². The monoisotopic (exact) mass is 312 g/mol. The molecule has 2 amide bonds. The van der Waals surface area contributed by atoms with E-state index in [4.69, 9.17) is 5.11 Å². The van der Waals surface area contributed by atoms with Gasteiger partial charge in [0.15, 0.2) is 0 Å². The molecule has 1 aromatic rings. The summed E-state index contributed by atoms with van der Waals surface area (Å²) in [5.41, 5.74) is 0.851. The van der Waals surface area contributed by atoms with Crippen LogP contribution in [0, 0.1) is 5.82 Å². The van der Waals surface area contributed by atoms with Crippen molar-refractivity contribution < 1.29 is 14.3 Å². The highest BCUT2D eigenvalue weighted by Gasteiger charge is 2.23. The van der Waals surface area contributed by atoms with E-state index in [1.807, 2.05) is 6.92 Å². The normalized spacial score (nSPS) is 18.7. The molecule has 2 unspecified atom stereocenters. The van der Waals surface area contributed by atoms with Crippen molar-refractivity contribution in [2.75, 3.05) is 12.4 Å². The maximum atomic E-state index is 13.4. The molecule has 0 fully saturated rings. The van der Waals surface area contributed by atoms with Crippen molar-refractivity contribution in [3.8, 4) is 0 Å². The standard InChI is InChI=1S/C15H21FN2O2S/c1-10(3-2-7-19)17-15(20)18-13-6-8-21-14-5-4-11(16)9-12(13)14/h4-5,9-10,13,19H,2-3,6-8H2,1H3,(H2,17,18,20). The Hall–Kier alpha value is -1.27. The first-order valence-corrected chi connectivity index (χ1v) is 8.19. The van der Waals surface area contributed by atoms with Crippen molar-refractivity contribution in [3.05, 3.63) is 29.6 Å². The van der Waals surface area contributed by atoms with Crippen LogP contribution in [0.1, 0.15) is 37.8 Å². The molecule has 0 aromatic heterocycles. The number of aliphatic hydroxyl groups excluding tert-OH is 1. The molecule has 2 rings (SSSR count). The molecule has 0 bridgehead atoms. The zero-order valence-corrected chi connectivity index (χ0v) is 12.9. The third-order valence-electron chi connectivity index (χ3n) is 3.49. The van der Waals surface area contributed by atoms with Crippen LogP contribution in [0.2, 0.25) is 0 Å². The summed E-state index contributed by atoms with van der Waals surface area (Å²) in [5, 5.41) is 14.5. The Balaban J connectivity index is 1.95. The van der Waals surface area contributed by atoms with E-state index in [1.54, 1.807) is 17.8 Å². The number of carbonyl (C=O) groups is 1. The lowest BCUT2D eigenvalue weighted by molar-refractivity contribution is 0.230. The number of hydrogen-bond acceptors (Lipinski definition) is 3. The molecule has 0 aliphatic carbocycles. The molecule has 1 heterocycles. The fourth-order valence-electron chi connectivity index (χ4n) is 2.41. The number of carbonyl (C=O) groups excluding carboxylic acids is 1. The third kappa shape index (κ3) is 4.61. The number of urea groups is 1. The maximum Gasteiger partial charge on any atom is 0.315 e. The topological polar surface area (TPSA) is 61.4 Å². The second-order valence-electron chi connectivity index (χ2n) is 5.26. The van der Waals surface area contributed by atoms with Gasteiger partial charge in [0.2, 0.25) is 0 Å². The summed E-state index contributed by atoms with van der Waals surface area (Å²) in [5.74, 6) is 0.628. The van der Waals surface area contributed by atoms with Crippen molar-refractivity contribution in [1.82, 2.24) is 10.6 Å². The molecule has 21 heavy (non-hydrogen) atoms. The van der Waals surface area contributed by atoms with Crippen molar-refractivity contribution in [2.24, 2.45) is 0 Å². The molecule has 1 aliphatic rings. The largest absolute Gasteiger partial charge is 0.396 e. The molecule has 3 N–H and O–H groups in total. The predicted octanol–water partition coefficient (Wildman–Crippen LogP) is 2.82. The fraction of sp³-hybridized carbons (Fsp3) is 0.533. The van der Waals surface area contributed by atoms with Gasteiger partial charge in [-0.25, -0.2) is 9.18 Å². The second-order valence-corrected chi connectivity index (χ2v) is 6.39. The number of thioether (sulfide) groups is 1. The van der Waals surface area contributed by atoms with E-state index in [2.05, 4.69) is 10.6 Å². The van der Waals surface area contributed by atoms with Crippen LogP contribution in [0.4, 0.5) is 9.18 Å². The van der Waals surface area contributed by atoms with Gasteiger partial charge in [0.1, 0.15) is 5.82 Å². The zero-order valence-electron chi connectivity index (χ0n) is 12.1. The van der Waals surface area contributed by atoms with Crippen molar-refractivity contribution in [2.45, 2.75) is 43.2 Å². The van der Waals surface area contributed by atoms with Gasteiger partial charge in [-0.3, -0.25) is 0 Å². The van der Waals surface area contributed by atoms with Gasteiger partial charge < -0.3 is 15.7 Å². The molecule has 4 nitrogen and oxygen atoms in total. The van der Waals surface area contributed by atoms with Crippen molar-refractivity contribution >= 4 is 17.8 Å². The summed E-state index contributed by atoms with van der Waals surface area (Å²) in [7, 11) is 0. The first-order valence-electron chi connectivity index (χ1n) is 7.20. The van der Waals surface area contributed by atoms with E-state index in [-0.39, 0.29) is 30.5 Å². The number of hydrogen-bond donors (Lipinski definition) is 3. The third-order valence-corrected chi connectivity index (χ3v) is 4.61. The highest BCUT2D eigenvalue weighted by atomic mass is 32.2. The van der Waals surface area contributed by atoms with E-state index in [0.29, 0.717) is 6.42 Å². The number of fused-ring (bicyclic) bond motifs is 1. The van der Waals surface area contributed by atoms with Gasteiger partial charge in [0.25, 0.3) is 0 Å². The lowest BCUT2D eigenvalue weighted by Gasteiger charge is -2.26. The molecule has 2 atom stereocenters. The Kier molecular flexibility index (Phi) is 5.87. The first kappa shape index (κ1) is 16.1. The molecule has 0 saturated carbocycles. The second kappa shape index (κ2) is 7.66. The number of aliphatic hydroxyl groups is 1. The highest BCUT2D eigenvalue weighted by molar-refractivity contribution is 7.99. The SMILES string of the molecule is CC(CCCO)NC(=O)NC1CCSc2ccc(F)cc21. The summed E-state index contributed by atoms with van der Waals surface area (Å²) < 4.78 is 13.4. The van der Waals surface area contributed by atoms with E-state index < -0.39 is 0 Å². The lowest BCUT2D eigenvalue weighted by Crippen LogP contribution is -2.43. The van der Waals surface area contributed by atoms with Gasteiger partial charge in [-0.05, 0) is 49.9 Å². The number of rotatable bonds is 5. The van der Waals surface area contributed by atoms with Crippen LogP contribution in [0.5, 0.6) is 0 Å². The van der Waals surface area contributed by atoms with Gasteiger partial charge in [0.05, 0.1) is 6.04 Å². The van der Waals surface area contributed by atoms with Crippen LogP contribution in [-0.4, -0.2) is 29.5 Å². The zero-order chi connectivity index (χ0) is 15.2.